The number of imide groups is 1. The highest BCUT2D eigenvalue weighted by molar-refractivity contribution is 9.10. The van der Waals surface area contributed by atoms with Crippen LogP contribution in [-0.4, -0.2) is 29.3 Å². The average Bonchev–Trinajstić information content (AvgIpc) is 3.08. The van der Waals surface area contributed by atoms with Gasteiger partial charge in [-0.25, -0.2) is 14.1 Å². The molecule has 4 rings (SSSR count). The van der Waals surface area contributed by atoms with Crippen LogP contribution in [0, 0.1) is 5.82 Å². The highest BCUT2D eigenvalue weighted by Gasteiger charge is 2.35. The first-order valence-electron chi connectivity index (χ1n) is 10.5. The molecule has 0 aliphatic carbocycles. The SMILES string of the molecule is O=C(CN1C(=O)N/C(=C/c2cc(Cl)c(OCc3ccc(Cl)cc3)c(Br)c2)C1=O)Nc1ccccc1F. The van der Waals surface area contributed by atoms with Crippen LogP contribution < -0.4 is 15.4 Å². The predicted molar refractivity (Wildman–Crippen MR) is 138 cm³/mol. The molecule has 1 aliphatic heterocycles. The van der Waals surface area contributed by atoms with Crippen LogP contribution in [0.15, 0.2) is 70.8 Å². The molecule has 1 saturated heterocycles. The van der Waals surface area contributed by atoms with Gasteiger partial charge in [0.25, 0.3) is 5.91 Å². The highest BCUT2D eigenvalue weighted by atomic mass is 79.9. The number of hydrogen-bond donors (Lipinski definition) is 2. The molecule has 0 atom stereocenters. The van der Waals surface area contributed by atoms with Crippen LogP contribution in [0.25, 0.3) is 6.08 Å². The first-order valence-corrected chi connectivity index (χ1v) is 12.0. The molecule has 0 unspecified atom stereocenters. The van der Waals surface area contributed by atoms with E-state index >= 15 is 0 Å². The number of anilines is 1. The summed E-state index contributed by atoms with van der Waals surface area (Å²) >= 11 is 15.7. The summed E-state index contributed by atoms with van der Waals surface area (Å²) in [5.41, 5.74) is 1.30. The number of para-hydroxylation sites is 1. The summed E-state index contributed by atoms with van der Waals surface area (Å²) in [7, 11) is 0. The molecule has 3 aromatic carbocycles. The smallest absolute Gasteiger partial charge is 0.329 e. The lowest BCUT2D eigenvalue weighted by atomic mass is 10.1. The van der Waals surface area contributed by atoms with Crippen molar-refractivity contribution < 1.29 is 23.5 Å². The van der Waals surface area contributed by atoms with Gasteiger partial charge in [-0.3, -0.25) is 9.59 Å². The van der Waals surface area contributed by atoms with E-state index < -0.39 is 30.2 Å². The third kappa shape index (κ3) is 6.04. The van der Waals surface area contributed by atoms with Crippen LogP contribution in [0.4, 0.5) is 14.9 Å². The summed E-state index contributed by atoms with van der Waals surface area (Å²) in [5.74, 6) is -1.66. The van der Waals surface area contributed by atoms with Crippen molar-refractivity contribution in [3.8, 4) is 5.75 Å². The second kappa shape index (κ2) is 11.1. The zero-order valence-electron chi connectivity index (χ0n) is 18.4. The Kier molecular flexibility index (Phi) is 7.93. The molecule has 184 valence electrons. The normalized spacial score (nSPS) is 14.2. The number of urea groups is 1. The third-order valence-corrected chi connectivity index (χ3v) is 6.16. The zero-order valence-corrected chi connectivity index (χ0v) is 21.5. The van der Waals surface area contributed by atoms with Gasteiger partial charge in [0.15, 0.2) is 5.75 Å². The second-order valence-corrected chi connectivity index (χ2v) is 9.33. The molecule has 1 heterocycles. The molecule has 3 aromatic rings. The number of hydrogen-bond acceptors (Lipinski definition) is 4. The summed E-state index contributed by atoms with van der Waals surface area (Å²) in [6, 6.07) is 15.2. The number of halogens is 4. The minimum atomic E-state index is -0.775. The molecule has 0 radical (unpaired) electrons. The van der Waals surface area contributed by atoms with Gasteiger partial charge in [-0.05, 0) is 69.5 Å². The van der Waals surface area contributed by atoms with E-state index in [0.717, 1.165) is 10.5 Å². The monoisotopic (exact) mass is 591 g/mol. The van der Waals surface area contributed by atoms with E-state index in [1.807, 2.05) is 12.1 Å². The van der Waals surface area contributed by atoms with E-state index in [2.05, 4.69) is 26.6 Å². The van der Waals surface area contributed by atoms with Crippen LogP contribution in [0.2, 0.25) is 10.0 Å². The van der Waals surface area contributed by atoms with E-state index in [4.69, 9.17) is 27.9 Å². The van der Waals surface area contributed by atoms with Crippen LogP contribution >= 0.6 is 39.1 Å². The lowest BCUT2D eigenvalue weighted by Crippen LogP contribution is -2.38. The van der Waals surface area contributed by atoms with Gasteiger partial charge in [0.1, 0.15) is 24.7 Å². The lowest BCUT2D eigenvalue weighted by Gasteiger charge is -2.12. The minimum absolute atomic E-state index is 0.0449. The standard InChI is InChI=1S/C25H17BrCl2FN3O4/c26-17-9-15(10-18(28)23(17)36-13-14-5-7-16(27)8-6-14)11-21-24(34)32(25(35)31-21)12-22(33)30-20-4-2-1-3-19(20)29/h1-11H,12-13H2,(H,30,33)(H,31,35)/b21-11+. The Morgan fingerprint density at radius 1 is 1.11 bits per heavy atom. The molecule has 0 bridgehead atoms. The number of benzene rings is 3. The third-order valence-electron chi connectivity index (χ3n) is 5.04. The molecule has 2 N–H and O–H groups in total. The largest absolute Gasteiger partial charge is 0.486 e. The van der Waals surface area contributed by atoms with Crippen molar-refractivity contribution in [1.82, 2.24) is 10.2 Å². The highest BCUT2D eigenvalue weighted by Crippen LogP contribution is 2.36. The molecule has 0 saturated carbocycles. The molecule has 7 nitrogen and oxygen atoms in total. The predicted octanol–water partition coefficient (Wildman–Crippen LogP) is 6.01. The minimum Gasteiger partial charge on any atom is -0.486 e. The van der Waals surface area contributed by atoms with Crippen molar-refractivity contribution >= 4 is 68.7 Å². The molecular formula is C25H17BrCl2FN3O4. The lowest BCUT2D eigenvalue weighted by molar-refractivity contribution is -0.127. The summed E-state index contributed by atoms with van der Waals surface area (Å²) in [4.78, 5) is 38.0. The quantitative estimate of drug-likeness (QED) is 0.260. The number of nitrogens with one attached hydrogen (secondary N) is 2. The Bertz CT molecular complexity index is 1360. The van der Waals surface area contributed by atoms with Crippen LogP contribution in [0.5, 0.6) is 5.75 Å². The second-order valence-electron chi connectivity index (χ2n) is 7.64. The maximum absolute atomic E-state index is 13.8. The van der Waals surface area contributed by atoms with Gasteiger partial charge in [0.2, 0.25) is 5.91 Å². The number of ether oxygens (including phenoxy) is 1. The number of carbonyl (C=O) groups excluding carboxylic acids is 3. The Labute approximate surface area is 224 Å². The van der Waals surface area contributed by atoms with Crippen molar-refractivity contribution in [2.45, 2.75) is 6.61 Å². The molecule has 36 heavy (non-hydrogen) atoms. The van der Waals surface area contributed by atoms with Crippen molar-refractivity contribution in [3.05, 3.63) is 97.8 Å². The number of nitrogens with zero attached hydrogens (tertiary/aromatic N) is 1. The van der Waals surface area contributed by atoms with Crippen molar-refractivity contribution in [3.63, 3.8) is 0 Å². The van der Waals surface area contributed by atoms with E-state index in [0.29, 0.717) is 20.8 Å². The molecular weight excluding hydrogens is 576 g/mol. The van der Waals surface area contributed by atoms with Crippen LogP contribution in [0.1, 0.15) is 11.1 Å². The van der Waals surface area contributed by atoms with Crippen LogP contribution in [-0.2, 0) is 16.2 Å². The van der Waals surface area contributed by atoms with Gasteiger partial charge in [-0.15, -0.1) is 0 Å². The van der Waals surface area contributed by atoms with E-state index in [-0.39, 0.29) is 23.0 Å². The summed E-state index contributed by atoms with van der Waals surface area (Å²) in [6.07, 6.45) is 1.43. The Hall–Kier alpha value is -3.40. The van der Waals surface area contributed by atoms with E-state index in [1.165, 1.54) is 24.3 Å². The van der Waals surface area contributed by atoms with E-state index in [9.17, 15) is 18.8 Å². The number of carbonyl (C=O) groups is 3. The molecule has 1 aliphatic rings. The van der Waals surface area contributed by atoms with Crippen molar-refractivity contribution in [2.75, 3.05) is 11.9 Å². The maximum Gasteiger partial charge on any atom is 0.329 e. The van der Waals surface area contributed by atoms with Crippen molar-refractivity contribution in [2.24, 2.45) is 0 Å². The van der Waals surface area contributed by atoms with Gasteiger partial charge in [-0.1, -0.05) is 47.5 Å². The zero-order chi connectivity index (χ0) is 25.8. The summed E-state index contributed by atoms with van der Waals surface area (Å²) in [6.45, 7) is -0.327. The Balaban J connectivity index is 1.44. The number of rotatable bonds is 7. The summed E-state index contributed by atoms with van der Waals surface area (Å²) in [5, 5.41) is 5.67. The Morgan fingerprint density at radius 3 is 2.53 bits per heavy atom. The summed E-state index contributed by atoms with van der Waals surface area (Å²) < 4.78 is 20.1. The molecule has 0 spiro atoms. The van der Waals surface area contributed by atoms with Gasteiger partial charge >= 0.3 is 6.03 Å². The van der Waals surface area contributed by atoms with Gasteiger partial charge in [-0.2, -0.15) is 0 Å². The fraction of sp³-hybridized carbons (Fsp3) is 0.0800. The first kappa shape index (κ1) is 25.7. The van der Waals surface area contributed by atoms with E-state index in [1.54, 1.807) is 30.3 Å². The molecule has 0 aromatic heterocycles. The molecule has 4 amide bonds. The van der Waals surface area contributed by atoms with Gasteiger partial charge in [0, 0.05) is 5.02 Å². The van der Waals surface area contributed by atoms with Crippen molar-refractivity contribution in [1.29, 1.82) is 0 Å². The van der Waals surface area contributed by atoms with Gasteiger partial charge < -0.3 is 15.4 Å². The fourth-order valence-corrected chi connectivity index (χ4v) is 4.43. The average molecular weight is 593 g/mol. The van der Waals surface area contributed by atoms with Gasteiger partial charge in [0.05, 0.1) is 15.2 Å². The number of amides is 4. The molecule has 11 heteroatoms. The van der Waals surface area contributed by atoms with Crippen LogP contribution in [0.3, 0.4) is 0 Å². The fourth-order valence-electron chi connectivity index (χ4n) is 3.31. The first-order chi connectivity index (χ1) is 17.2. The molecule has 1 fully saturated rings. The maximum atomic E-state index is 13.8. The topological polar surface area (TPSA) is 87.7 Å². The Morgan fingerprint density at radius 2 is 1.83 bits per heavy atom.